The molecule has 94 valence electrons. The fourth-order valence-electron chi connectivity index (χ4n) is 1.72. The van der Waals surface area contributed by atoms with Gasteiger partial charge in [-0.05, 0) is 29.3 Å². The van der Waals surface area contributed by atoms with Crippen LogP contribution in [-0.4, -0.2) is 5.11 Å². The molecule has 0 bridgehead atoms. The second-order valence-corrected chi connectivity index (χ2v) is 4.80. The fourth-order valence-corrected chi connectivity index (χ4v) is 2.05. The standard InChI is InChI=1S/C14H11Cl2FO/c15-11-6-4-9(5-7-11)13(18)8-10-2-1-3-12(17)14(10)16/h1-7,13,18H,8H2. The lowest BCUT2D eigenvalue weighted by Crippen LogP contribution is -2.02. The van der Waals surface area contributed by atoms with Gasteiger partial charge >= 0.3 is 0 Å². The van der Waals surface area contributed by atoms with E-state index >= 15 is 0 Å². The molecule has 0 radical (unpaired) electrons. The SMILES string of the molecule is OC(Cc1cccc(F)c1Cl)c1ccc(Cl)cc1. The van der Waals surface area contributed by atoms with E-state index in [1.165, 1.54) is 6.07 Å². The summed E-state index contributed by atoms with van der Waals surface area (Å²) in [6.07, 6.45) is -0.473. The van der Waals surface area contributed by atoms with E-state index in [4.69, 9.17) is 23.2 Å². The molecule has 4 heteroatoms. The molecule has 2 rings (SSSR count). The van der Waals surface area contributed by atoms with Crippen LogP contribution in [0.5, 0.6) is 0 Å². The van der Waals surface area contributed by atoms with Crippen LogP contribution in [0.3, 0.4) is 0 Å². The first-order valence-corrected chi connectivity index (χ1v) is 6.20. The zero-order valence-corrected chi connectivity index (χ0v) is 10.9. The molecule has 2 aromatic carbocycles. The molecule has 0 saturated heterocycles. The molecule has 0 aliphatic heterocycles. The monoisotopic (exact) mass is 284 g/mol. The Morgan fingerprint density at radius 1 is 1.06 bits per heavy atom. The van der Waals surface area contributed by atoms with Crippen molar-refractivity contribution < 1.29 is 9.50 Å². The Bertz CT molecular complexity index is 540. The maximum absolute atomic E-state index is 13.3. The third-order valence-corrected chi connectivity index (χ3v) is 3.37. The summed E-state index contributed by atoms with van der Waals surface area (Å²) in [5.41, 5.74) is 1.30. The lowest BCUT2D eigenvalue weighted by atomic mass is 10.0. The average Bonchev–Trinajstić information content (AvgIpc) is 2.36. The molecule has 0 amide bonds. The second kappa shape index (κ2) is 5.70. The van der Waals surface area contributed by atoms with Gasteiger partial charge in [0.25, 0.3) is 0 Å². The third kappa shape index (κ3) is 3.02. The highest BCUT2D eigenvalue weighted by molar-refractivity contribution is 6.31. The van der Waals surface area contributed by atoms with Crippen molar-refractivity contribution in [2.24, 2.45) is 0 Å². The summed E-state index contributed by atoms with van der Waals surface area (Å²) in [6.45, 7) is 0. The third-order valence-electron chi connectivity index (χ3n) is 2.70. The van der Waals surface area contributed by atoms with Crippen molar-refractivity contribution in [1.29, 1.82) is 0 Å². The molecule has 1 N–H and O–H groups in total. The van der Waals surface area contributed by atoms with Gasteiger partial charge in [0.15, 0.2) is 0 Å². The molecular weight excluding hydrogens is 274 g/mol. The topological polar surface area (TPSA) is 20.2 Å². The molecule has 0 fully saturated rings. The van der Waals surface area contributed by atoms with Gasteiger partial charge in [-0.3, -0.25) is 0 Å². The highest BCUT2D eigenvalue weighted by Crippen LogP contribution is 2.26. The minimum absolute atomic E-state index is 0.0607. The first-order chi connectivity index (χ1) is 8.58. The molecule has 1 atom stereocenters. The second-order valence-electron chi connectivity index (χ2n) is 3.98. The van der Waals surface area contributed by atoms with Crippen molar-refractivity contribution in [3.05, 3.63) is 69.5 Å². The van der Waals surface area contributed by atoms with E-state index in [0.29, 0.717) is 10.6 Å². The first kappa shape index (κ1) is 13.3. The maximum Gasteiger partial charge on any atom is 0.142 e. The van der Waals surface area contributed by atoms with Gasteiger partial charge in [0.1, 0.15) is 5.82 Å². The summed E-state index contributed by atoms with van der Waals surface area (Å²) in [6, 6.07) is 11.4. The van der Waals surface area contributed by atoms with Gasteiger partial charge in [-0.2, -0.15) is 0 Å². The van der Waals surface area contributed by atoms with Crippen LogP contribution in [0, 0.1) is 5.82 Å². The highest BCUT2D eigenvalue weighted by atomic mass is 35.5. The Balaban J connectivity index is 2.18. The van der Waals surface area contributed by atoms with Crippen molar-refractivity contribution in [1.82, 2.24) is 0 Å². The lowest BCUT2D eigenvalue weighted by Gasteiger charge is -2.12. The first-order valence-electron chi connectivity index (χ1n) is 5.44. The van der Waals surface area contributed by atoms with Gasteiger partial charge in [0.05, 0.1) is 11.1 Å². The molecule has 0 aromatic heterocycles. The predicted octanol–water partition coefficient (Wildman–Crippen LogP) is 4.41. The van der Waals surface area contributed by atoms with Crippen molar-refractivity contribution >= 4 is 23.2 Å². The smallest absolute Gasteiger partial charge is 0.142 e. The van der Waals surface area contributed by atoms with Gasteiger partial charge in [-0.25, -0.2) is 4.39 Å². The Kier molecular flexibility index (Phi) is 4.23. The molecule has 0 aliphatic carbocycles. The number of aliphatic hydroxyl groups excluding tert-OH is 1. The van der Waals surface area contributed by atoms with Gasteiger partial charge < -0.3 is 5.11 Å². The van der Waals surface area contributed by atoms with Crippen LogP contribution in [0.1, 0.15) is 17.2 Å². The van der Waals surface area contributed by atoms with Gasteiger partial charge in [-0.1, -0.05) is 47.5 Å². The quantitative estimate of drug-likeness (QED) is 0.885. The zero-order valence-electron chi connectivity index (χ0n) is 9.41. The number of halogens is 3. The fraction of sp³-hybridized carbons (Fsp3) is 0.143. The summed E-state index contributed by atoms with van der Waals surface area (Å²) < 4.78 is 13.3. The van der Waals surface area contributed by atoms with Gasteiger partial charge in [0, 0.05) is 11.4 Å². The summed E-state index contributed by atoms with van der Waals surface area (Å²) in [4.78, 5) is 0. The molecule has 0 saturated carbocycles. The molecule has 1 nitrogen and oxygen atoms in total. The number of rotatable bonds is 3. The molecule has 0 aliphatic rings. The molecule has 0 heterocycles. The Hall–Kier alpha value is -1.09. The van der Waals surface area contributed by atoms with Crippen LogP contribution in [0.15, 0.2) is 42.5 Å². The summed E-state index contributed by atoms with van der Waals surface area (Å²) in [5, 5.41) is 10.7. The average molecular weight is 285 g/mol. The van der Waals surface area contributed by atoms with E-state index in [0.717, 1.165) is 5.56 Å². The van der Waals surface area contributed by atoms with Crippen LogP contribution >= 0.6 is 23.2 Å². The van der Waals surface area contributed by atoms with E-state index in [9.17, 15) is 9.50 Å². The molecule has 1 unspecified atom stereocenters. The minimum atomic E-state index is -0.735. The number of aliphatic hydroxyl groups is 1. The Morgan fingerprint density at radius 3 is 2.39 bits per heavy atom. The van der Waals surface area contributed by atoms with E-state index in [1.807, 2.05) is 0 Å². The van der Waals surface area contributed by atoms with E-state index in [2.05, 4.69) is 0 Å². The van der Waals surface area contributed by atoms with Crippen LogP contribution in [-0.2, 0) is 6.42 Å². The van der Waals surface area contributed by atoms with Crippen molar-refractivity contribution in [3.8, 4) is 0 Å². The van der Waals surface area contributed by atoms with Gasteiger partial charge in [-0.15, -0.1) is 0 Å². The predicted molar refractivity (Wildman–Crippen MR) is 71.5 cm³/mol. The van der Waals surface area contributed by atoms with Gasteiger partial charge in [0.2, 0.25) is 0 Å². The van der Waals surface area contributed by atoms with Crippen molar-refractivity contribution in [2.75, 3.05) is 0 Å². The van der Waals surface area contributed by atoms with Crippen LogP contribution in [0.4, 0.5) is 4.39 Å². The van der Waals surface area contributed by atoms with Crippen molar-refractivity contribution in [3.63, 3.8) is 0 Å². The summed E-state index contributed by atoms with van der Waals surface area (Å²) in [7, 11) is 0. The molecular formula is C14H11Cl2FO. The summed E-state index contributed by atoms with van der Waals surface area (Å²) in [5.74, 6) is -0.475. The zero-order chi connectivity index (χ0) is 13.1. The number of hydrogen-bond donors (Lipinski definition) is 1. The lowest BCUT2D eigenvalue weighted by molar-refractivity contribution is 0.178. The summed E-state index contributed by atoms with van der Waals surface area (Å²) >= 11 is 11.6. The van der Waals surface area contributed by atoms with Crippen LogP contribution in [0.25, 0.3) is 0 Å². The number of benzene rings is 2. The highest BCUT2D eigenvalue weighted by Gasteiger charge is 2.12. The van der Waals surface area contributed by atoms with E-state index in [-0.39, 0.29) is 11.4 Å². The van der Waals surface area contributed by atoms with E-state index in [1.54, 1.807) is 36.4 Å². The van der Waals surface area contributed by atoms with Crippen LogP contribution in [0.2, 0.25) is 10.0 Å². The maximum atomic E-state index is 13.3. The number of hydrogen-bond acceptors (Lipinski definition) is 1. The van der Waals surface area contributed by atoms with Crippen LogP contribution < -0.4 is 0 Å². The minimum Gasteiger partial charge on any atom is -0.388 e. The largest absolute Gasteiger partial charge is 0.388 e. The molecule has 18 heavy (non-hydrogen) atoms. The van der Waals surface area contributed by atoms with Crippen molar-refractivity contribution in [2.45, 2.75) is 12.5 Å². The Morgan fingerprint density at radius 2 is 1.72 bits per heavy atom. The van der Waals surface area contributed by atoms with E-state index < -0.39 is 11.9 Å². The molecule has 2 aromatic rings. The Labute approximate surface area is 115 Å². The normalized spacial score (nSPS) is 12.4. The molecule has 0 spiro atoms.